The summed E-state index contributed by atoms with van der Waals surface area (Å²) in [6.45, 7) is 2.00. The summed E-state index contributed by atoms with van der Waals surface area (Å²) in [6.07, 6.45) is 0.850. The van der Waals surface area contributed by atoms with E-state index in [0.29, 0.717) is 4.47 Å². The first-order valence-corrected chi connectivity index (χ1v) is 4.87. The molecule has 0 radical (unpaired) electrons. The van der Waals surface area contributed by atoms with Crippen LogP contribution in [0.15, 0.2) is 21.1 Å². The molecule has 0 aromatic heterocycles. The zero-order valence-corrected chi connectivity index (χ0v) is 9.17. The number of hydrogen-bond donors (Lipinski definition) is 0. The molecule has 0 saturated heterocycles. The fourth-order valence-corrected chi connectivity index (χ4v) is 1.52. The third-order valence-electron chi connectivity index (χ3n) is 1.45. The van der Waals surface area contributed by atoms with Crippen LogP contribution in [0.4, 0.5) is 4.39 Å². The second kappa shape index (κ2) is 3.68. The molecule has 0 spiro atoms. The number of hydrogen-bond acceptors (Lipinski definition) is 0. The van der Waals surface area contributed by atoms with Crippen LogP contribution in [0, 0.1) is 5.82 Å². The molecule has 0 aliphatic rings. The van der Waals surface area contributed by atoms with Crippen molar-refractivity contribution in [3.05, 3.63) is 32.5 Å². The van der Waals surface area contributed by atoms with Gasteiger partial charge in [-0.2, -0.15) is 0 Å². The number of benzene rings is 1. The van der Waals surface area contributed by atoms with Crippen molar-refractivity contribution < 1.29 is 4.39 Å². The molecule has 0 N–H and O–H groups in total. The summed E-state index contributed by atoms with van der Waals surface area (Å²) in [6, 6.07) is 3.45. The lowest BCUT2D eigenvalue weighted by atomic mass is 10.2. The predicted molar refractivity (Wildman–Crippen MR) is 51.2 cm³/mol. The van der Waals surface area contributed by atoms with Crippen LogP contribution >= 0.6 is 31.9 Å². The lowest BCUT2D eigenvalue weighted by molar-refractivity contribution is 0.618. The van der Waals surface area contributed by atoms with E-state index in [0.717, 1.165) is 16.5 Å². The zero-order valence-electron chi connectivity index (χ0n) is 6.00. The lowest BCUT2D eigenvalue weighted by Gasteiger charge is -2.01. The van der Waals surface area contributed by atoms with Crippen LogP contribution in [0.5, 0.6) is 0 Å². The molecule has 1 aromatic rings. The van der Waals surface area contributed by atoms with Gasteiger partial charge in [-0.1, -0.05) is 6.92 Å². The van der Waals surface area contributed by atoms with Gasteiger partial charge in [0.15, 0.2) is 0 Å². The second-order valence-electron chi connectivity index (χ2n) is 2.23. The zero-order chi connectivity index (χ0) is 8.43. The third kappa shape index (κ3) is 2.03. The van der Waals surface area contributed by atoms with Crippen LogP contribution < -0.4 is 0 Å². The Morgan fingerprint density at radius 2 is 2.00 bits per heavy atom. The number of rotatable bonds is 1. The highest BCUT2D eigenvalue weighted by Crippen LogP contribution is 2.27. The minimum atomic E-state index is -0.212. The first-order valence-electron chi connectivity index (χ1n) is 3.28. The molecule has 0 heterocycles. The molecule has 0 saturated carbocycles. The van der Waals surface area contributed by atoms with E-state index in [1.807, 2.05) is 13.0 Å². The number of aryl methyl sites for hydroxylation is 1. The SMILES string of the molecule is CCc1cc(F)c(Br)c(Br)c1. The van der Waals surface area contributed by atoms with Crippen LogP contribution in [0.1, 0.15) is 12.5 Å². The van der Waals surface area contributed by atoms with Gasteiger partial charge in [-0.15, -0.1) is 0 Å². The third-order valence-corrected chi connectivity index (χ3v) is 3.42. The molecular formula is C8H7Br2F. The van der Waals surface area contributed by atoms with Gasteiger partial charge in [0.05, 0.1) is 4.47 Å². The Morgan fingerprint density at radius 3 is 2.45 bits per heavy atom. The summed E-state index contributed by atoms with van der Waals surface area (Å²) in [4.78, 5) is 0. The second-order valence-corrected chi connectivity index (χ2v) is 3.87. The van der Waals surface area contributed by atoms with E-state index in [1.54, 1.807) is 0 Å². The average molecular weight is 282 g/mol. The Morgan fingerprint density at radius 1 is 1.36 bits per heavy atom. The smallest absolute Gasteiger partial charge is 0.138 e. The molecule has 1 aromatic carbocycles. The molecule has 60 valence electrons. The van der Waals surface area contributed by atoms with Crippen LogP contribution in [0.3, 0.4) is 0 Å². The summed E-state index contributed by atoms with van der Waals surface area (Å²) in [5.41, 5.74) is 0.998. The van der Waals surface area contributed by atoms with Gasteiger partial charge in [0.1, 0.15) is 5.82 Å². The van der Waals surface area contributed by atoms with Gasteiger partial charge in [-0.3, -0.25) is 0 Å². The fourth-order valence-electron chi connectivity index (χ4n) is 0.812. The minimum absolute atomic E-state index is 0.212. The molecule has 0 fully saturated rings. The fraction of sp³-hybridized carbons (Fsp3) is 0.250. The summed E-state index contributed by atoms with van der Waals surface area (Å²) >= 11 is 6.37. The Hall–Kier alpha value is 0.110. The van der Waals surface area contributed by atoms with Crippen molar-refractivity contribution in [2.75, 3.05) is 0 Å². The highest BCUT2D eigenvalue weighted by molar-refractivity contribution is 9.13. The molecule has 0 atom stereocenters. The van der Waals surface area contributed by atoms with Crippen LogP contribution in [0.25, 0.3) is 0 Å². The van der Waals surface area contributed by atoms with E-state index in [2.05, 4.69) is 31.9 Å². The Kier molecular flexibility index (Phi) is 3.07. The van der Waals surface area contributed by atoms with E-state index in [4.69, 9.17) is 0 Å². The van der Waals surface area contributed by atoms with Crippen molar-refractivity contribution in [3.8, 4) is 0 Å². The summed E-state index contributed by atoms with van der Waals surface area (Å²) in [5.74, 6) is -0.212. The topological polar surface area (TPSA) is 0 Å². The predicted octanol–water partition coefficient (Wildman–Crippen LogP) is 3.91. The molecule has 1 rings (SSSR count). The van der Waals surface area contributed by atoms with E-state index in [1.165, 1.54) is 6.07 Å². The van der Waals surface area contributed by atoms with Gasteiger partial charge in [0.25, 0.3) is 0 Å². The molecule has 0 aliphatic carbocycles. The van der Waals surface area contributed by atoms with Gasteiger partial charge in [0, 0.05) is 4.47 Å². The normalized spacial score (nSPS) is 10.2. The molecule has 0 bridgehead atoms. The average Bonchev–Trinajstić information content (AvgIpc) is 1.99. The molecule has 0 nitrogen and oxygen atoms in total. The Bertz CT molecular complexity index is 248. The van der Waals surface area contributed by atoms with Crippen molar-refractivity contribution in [1.29, 1.82) is 0 Å². The highest BCUT2D eigenvalue weighted by atomic mass is 79.9. The first-order chi connectivity index (χ1) is 5.15. The van der Waals surface area contributed by atoms with Crippen molar-refractivity contribution in [1.82, 2.24) is 0 Å². The van der Waals surface area contributed by atoms with E-state index in [9.17, 15) is 4.39 Å². The van der Waals surface area contributed by atoms with Crippen LogP contribution in [0.2, 0.25) is 0 Å². The molecular weight excluding hydrogens is 275 g/mol. The van der Waals surface area contributed by atoms with Gasteiger partial charge < -0.3 is 0 Å². The molecule has 0 aliphatic heterocycles. The van der Waals surface area contributed by atoms with Crippen molar-refractivity contribution in [2.24, 2.45) is 0 Å². The first kappa shape index (κ1) is 9.20. The lowest BCUT2D eigenvalue weighted by Crippen LogP contribution is -1.85. The van der Waals surface area contributed by atoms with Crippen LogP contribution in [-0.4, -0.2) is 0 Å². The molecule has 0 unspecified atom stereocenters. The summed E-state index contributed by atoms with van der Waals surface area (Å²) in [7, 11) is 0. The van der Waals surface area contributed by atoms with Gasteiger partial charge in [-0.05, 0) is 56.0 Å². The standard InChI is InChI=1S/C8H7Br2F/c1-2-5-3-6(9)8(10)7(11)4-5/h3-4H,2H2,1H3. The van der Waals surface area contributed by atoms with Gasteiger partial charge in [0.2, 0.25) is 0 Å². The van der Waals surface area contributed by atoms with Crippen molar-refractivity contribution in [3.63, 3.8) is 0 Å². The number of halogens is 3. The van der Waals surface area contributed by atoms with E-state index in [-0.39, 0.29) is 5.82 Å². The Balaban J connectivity index is 3.21. The minimum Gasteiger partial charge on any atom is -0.206 e. The maximum Gasteiger partial charge on any atom is 0.138 e. The highest BCUT2D eigenvalue weighted by Gasteiger charge is 2.04. The molecule has 11 heavy (non-hydrogen) atoms. The van der Waals surface area contributed by atoms with E-state index >= 15 is 0 Å². The monoisotopic (exact) mass is 280 g/mol. The quantitative estimate of drug-likeness (QED) is 0.685. The molecule has 3 heteroatoms. The van der Waals surface area contributed by atoms with Crippen molar-refractivity contribution in [2.45, 2.75) is 13.3 Å². The van der Waals surface area contributed by atoms with Crippen LogP contribution in [-0.2, 0) is 6.42 Å². The Labute approximate surface area is 82.1 Å². The van der Waals surface area contributed by atoms with Gasteiger partial charge >= 0.3 is 0 Å². The maximum atomic E-state index is 13.0. The molecule has 0 amide bonds. The largest absolute Gasteiger partial charge is 0.206 e. The summed E-state index contributed by atoms with van der Waals surface area (Å²) in [5, 5.41) is 0. The van der Waals surface area contributed by atoms with Crippen molar-refractivity contribution >= 4 is 31.9 Å². The van der Waals surface area contributed by atoms with E-state index < -0.39 is 0 Å². The van der Waals surface area contributed by atoms with Gasteiger partial charge in [-0.25, -0.2) is 4.39 Å². The maximum absolute atomic E-state index is 13.0. The summed E-state index contributed by atoms with van der Waals surface area (Å²) < 4.78 is 14.2.